The molecule has 0 aromatic rings. The predicted octanol–water partition coefficient (Wildman–Crippen LogP) is -0.153. The van der Waals surface area contributed by atoms with E-state index in [1.165, 1.54) is 27.9 Å². The molecule has 0 saturated carbocycles. The summed E-state index contributed by atoms with van der Waals surface area (Å²) in [5.41, 5.74) is 0. The summed E-state index contributed by atoms with van der Waals surface area (Å²) in [7, 11) is 1.30. The third kappa shape index (κ3) is 5.14. The van der Waals surface area contributed by atoms with Crippen molar-refractivity contribution in [1.82, 2.24) is 0 Å². The van der Waals surface area contributed by atoms with Gasteiger partial charge in [-0.2, -0.15) is 0 Å². The smallest absolute Gasteiger partial charge is 0.415 e. The van der Waals surface area contributed by atoms with Gasteiger partial charge in [-0.3, -0.25) is 23.9 Å². The van der Waals surface area contributed by atoms with Crippen molar-refractivity contribution in [2.75, 3.05) is 20.3 Å². The van der Waals surface area contributed by atoms with Crippen LogP contribution in [0, 0.1) is 0 Å². The number of ether oxygens (including phenoxy) is 8. The summed E-state index contributed by atoms with van der Waals surface area (Å²) in [6.45, 7) is 5.23. The van der Waals surface area contributed by atoms with E-state index >= 15 is 0 Å². The summed E-state index contributed by atoms with van der Waals surface area (Å²) in [4.78, 5) is 34.3. The molecule has 6 atom stereocenters. The molecule has 1 unspecified atom stereocenters. The Morgan fingerprint density at radius 3 is 2.11 bits per heavy atom. The number of fused-ring (bicyclic) bond motifs is 1. The van der Waals surface area contributed by atoms with Gasteiger partial charge in [0.15, 0.2) is 24.6 Å². The largest absolute Gasteiger partial charge is 0.463 e. The van der Waals surface area contributed by atoms with Gasteiger partial charge in [0.25, 0.3) is 0 Å². The van der Waals surface area contributed by atoms with E-state index in [1.54, 1.807) is 6.92 Å². The molecule has 11 nitrogen and oxygen atoms in total. The lowest BCUT2D eigenvalue weighted by atomic mass is 9.98. The molecule has 0 aromatic carbocycles. The molecule has 2 aliphatic heterocycles. The van der Waals surface area contributed by atoms with Crippen LogP contribution in [0.3, 0.4) is 0 Å². The maximum atomic E-state index is 11.6. The number of esters is 3. The standard InChI is InChI=1S/C16H24O11/c1-6-22-16(20-5)26-14-13(24-10(4)19)12(23-9(3)18)11(7-21-8(2)17)25-15(14)27-16/h11-15H,6-7H2,1-5H3/t11-,12-,13+,14-,15-,16?/m1/s1. The SMILES string of the molecule is CCOC1(OC)O[C@H]2O[C@H](COC(C)=O)[C@@H](OC(C)=O)[C@H](OC(C)=O)[C@H]2O1. The molecule has 27 heavy (non-hydrogen) atoms. The lowest BCUT2D eigenvalue weighted by Crippen LogP contribution is -2.60. The van der Waals surface area contributed by atoms with E-state index in [1.807, 2.05) is 0 Å². The molecule has 0 radical (unpaired) electrons. The van der Waals surface area contributed by atoms with Crippen LogP contribution in [0.1, 0.15) is 27.7 Å². The van der Waals surface area contributed by atoms with E-state index in [9.17, 15) is 14.4 Å². The molecule has 0 spiro atoms. The molecule has 2 rings (SSSR count). The number of rotatable bonds is 7. The molecule has 2 aliphatic rings. The maximum absolute atomic E-state index is 11.6. The van der Waals surface area contributed by atoms with Gasteiger partial charge in [-0.25, -0.2) is 0 Å². The summed E-state index contributed by atoms with van der Waals surface area (Å²) >= 11 is 0. The fraction of sp³-hybridized carbons (Fsp3) is 0.812. The first-order valence-electron chi connectivity index (χ1n) is 8.39. The van der Waals surface area contributed by atoms with Crippen LogP contribution >= 0.6 is 0 Å². The third-order valence-electron chi connectivity index (χ3n) is 3.76. The number of hydrogen-bond donors (Lipinski definition) is 0. The minimum atomic E-state index is -1.88. The molecule has 2 heterocycles. The Kier molecular flexibility index (Phi) is 7.12. The van der Waals surface area contributed by atoms with Gasteiger partial charge < -0.3 is 28.4 Å². The molecule has 0 aliphatic carbocycles. The minimum Gasteiger partial charge on any atom is -0.463 e. The zero-order chi connectivity index (χ0) is 20.2. The zero-order valence-electron chi connectivity index (χ0n) is 15.8. The Morgan fingerprint density at radius 1 is 0.963 bits per heavy atom. The summed E-state index contributed by atoms with van der Waals surface area (Å²) in [6.07, 6.45) is -7.17. The van der Waals surface area contributed by atoms with E-state index in [4.69, 9.17) is 37.9 Å². The van der Waals surface area contributed by atoms with E-state index < -0.39 is 54.8 Å². The van der Waals surface area contributed by atoms with Crippen LogP contribution in [0.25, 0.3) is 0 Å². The Bertz CT molecular complexity index is 565. The van der Waals surface area contributed by atoms with Gasteiger partial charge in [-0.05, 0) is 6.92 Å². The van der Waals surface area contributed by atoms with E-state index in [0.29, 0.717) is 0 Å². The first kappa shape index (κ1) is 21.5. The molecule has 0 N–H and O–H groups in total. The maximum Gasteiger partial charge on any atom is 0.415 e. The molecular formula is C16H24O11. The van der Waals surface area contributed by atoms with Gasteiger partial charge in [0, 0.05) is 27.9 Å². The predicted molar refractivity (Wildman–Crippen MR) is 83.7 cm³/mol. The Morgan fingerprint density at radius 2 is 1.59 bits per heavy atom. The van der Waals surface area contributed by atoms with Crippen LogP contribution in [0.5, 0.6) is 0 Å². The van der Waals surface area contributed by atoms with Crippen LogP contribution < -0.4 is 0 Å². The second-order valence-electron chi connectivity index (χ2n) is 5.83. The fourth-order valence-electron chi connectivity index (χ4n) is 2.83. The molecule has 154 valence electrons. The number of hydrogen-bond acceptors (Lipinski definition) is 11. The van der Waals surface area contributed by atoms with Gasteiger partial charge in [-0.1, -0.05) is 0 Å². The number of carbonyl (C=O) groups is 3. The van der Waals surface area contributed by atoms with E-state index in [-0.39, 0.29) is 13.2 Å². The van der Waals surface area contributed by atoms with Crippen LogP contribution in [-0.4, -0.2) is 75.1 Å². The number of methoxy groups -OCH3 is 1. The van der Waals surface area contributed by atoms with Gasteiger partial charge in [0.2, 0.25) is 0 Å². The molecule has 0 amide bonds. The van der Waals surface area contributed by atoms with E-state index in [0.717, 1.165) is 0 Å². The second kappa shape index (κ2) is 8.93. The van der Waals surface area contributed by atoms with Crippen LogP contribution in [0.2, 0.25) is 0 Å². The van der Waals surface area contributed by atoms with Gasteiger partial charge in [0.05, 0.1) is 6.61 Å². The average Bonchev–Trinajstić information content (AvgIpc) is 2.93. The third-order valence-corrected chi connectivity index (χ3v) is 3.76. The monoisotopic (exact) mass is 392 g/mol. The van der Waals surface area contributed by atoms with Crippen LogP contribution in [0.15, 0.2) is 0 Å². The van der Waals surface area contributed by atoms with E-state index in [2.05, 4.69) is 0 Å². The van der Waals surface area contributed by atoms with Crippen LogP contribution in [0.4, 0.5) is 0 Å². The molecule has 2 fully saturated rings. The van der Waals surface area contributed by atoms with Crippen molar-refractivity contribution in [2.24, 2.45) is 0 Å². The van der Waals surface area contributed by atoms with Crippen molar-refractivity contribution in [2.45, 2.75) is 64.6 Å². The Balaban J connectivity index is 2.32. The summed E-state index contributed by atoms with van der Waals surface area (Å²) < 4.78 is 43.1. The highest BCUT2D eigenvalue weighted by Gasteiger charge is 2.61. The highest BCUT2D eigenvalue weighted by atomic mass is 17.1. The summed E-state index contributed by atoms with van der Waals surface area (Å²) in [6, 6.07) is 0. The first-order valence-corrected chi connectivity index (χ1v) is 8.39. The minimum absolute atomic E-state index is 0.190. The quantitative estimate of drug-likeness (QED) is 0.326. The first-order chi connectivity index (χ1) is 12.7. The Labute approximate surface area is 156 Å². The summed E-state index contributed by atoms with van der Waals surface area (Å²) in [5.74, 6) is -1.84. The highest BCUT2D eigenvalue weighted by Crippen LogP contribution is 2.40. The molecule has 0 bridgehead atoms. The van der Waals surface area contributed by atoms with Crippen molar-refractivity contribution >= 4 is 17.9 Å². The lowest BCUT2D eigenvalue weighted by molar-refractivity contribution is -0.469. The number of carbonyl (C=O) groups excluding carboxylic acids is 3. The van der Waals surface area contributed by atoms with Gasteiger partial charge >= 0.3 is 24.1 Å². The lowest BCUT2D eigenvalue weighted by Gasteiger charge is -2.40. The Hall–Kier alpha value is -1.79. The van der Waals surface area contributed by atoms with Gasteiger partial charge in [0.1, 0.15) is 12.7 Å². The molecule has 2 saturated heterocycles. The molecule has 11 heteroatoms. The van der Waals surface area contributed by atoms with Crippen molar-refractivity contribution in [3.05, 3.63) is 0 Å². The zero-order valence-corrected chi connectivity index (χ0v) is 15.8. The highest BCUT2D eigenvalue weighted by molar-refractivity contribution is 5.67. The normalized spacial score (nSPS) is 35.2. The molecule has 0 aromatic heterocycles. The fourth-order valence-corrected chi connectivity index (χ4v) is 2.83. The van der Waals surface area contributed by atoms with Crippen molar-refractivity contribution in [3.8, 4) is 0 Å². The van der Waals surface area contributed by atoms with Gasteiger partial charge in [-0.15, -0.1) is 0 Å². The topological polar surface area (TPSA) is 125 Å². The van der Waals surface area contributed by atoms with Crippen molar-refractivity contribution < 1.29 is 52.3 Å². The average molecular weight is 392 g/mol. The van der Waals surface area contributed by atoms with Crippen molar-refractivity contribution in [1.29, 1.82) is 0 Å². The van der Waals surface area contributed by atoms with Crippen molar-refractivity contribution in [3.63, 3.8) is 0 Å². The van der Waals surface area contributed by atoms with Crippen LogP contribution in [-0.2, 0) is 52.3 Å². The second-order valence-corrected chi connectivity index (χ2v) is 5.83. The summed E-state index contributed by atoms with van der Waals surface area (Å²) in [5, 5.41) is 0. The molecular weight excluding hydrogens is 368 g/mol.